The Bertz CT molecular complexity index is 469. The van der Waals surface area contributed by atoms with Gasteiger partial charge in [-0.3, -0.25) is 0 Å². The topological polar surface area (TPSA) is 46.5 Å². The van der Waals surface area contributed by atoms with Crippen LogP contribution in [0.3, 0.4) is 0 Å². The Labute approximate surface area is 122 Å². The maximum Gasteiger partial charge on any atom is 0.506 e. The van der Waals surface area contributed by atoms with Crippen LogP contribution in [0.5, 0.6) is 0 Å². The van der Waals surface area contributed by atoms with E-state index in [1.54, 1.807) is 0 Å². The number of carboxylic acid groups (broad SMARTS) is 1. The van der Waals surface area contributed by atoms with Gasteiger partial charge in [0.05, 0.1) is 0 Å². The standard InChI is InChI=1S/C17H26O3/c1-7-13(17(5,6)20-15(18)19)12-10-8-9-11-14(12)16(2,3)4/h8-11,13H,7H2,1-6H3,(H,18,19). The molecule has 1 N–H and O–H groups in total. The highest BCUT2D eigenvalue weighted by Gasteiger charge is 2.36. The lowest BCUT2D eigenvalue weighted by molar-refractivity contribution is -0.0139. The van der Waals surface area contributed by atoms with Gasteiger partial charge >= 0.3 is 6.16 Å². The predicted octanol–water partition coefficient (Wildman–Crippen LogP) is 4.95. The quantitative estimate of drug-likeness (QED) is 0.792. The van der Waals surface area contributed by atoms with Crippen molar-refractivity contribution in [1.82, 2.24) is 0 Å². The summed E-state index contributed by atoms with van der Waals surface area (Å²) in [5.41, 5.74) is 1.69. The number of benzene rings is 1. The Morgan fingerprint density at radius 2 is 1.75 bits per heavy atom. The van der Waals surface area contributed by atoms with E-state index in [0.717, 1.165) is 6.42 Å². The molecule has 0 aliphatic rings. The van der Waals surface area contributed by atoms with Crippen LogP contribution >= 0.6 is 0 Å². The average Bonchev–Trinajstić information content (AvgIpc) is 2.26. The summed E-state index contributed by atoms with van der Waals surface area (Å²) in [6.45, 7) is 12.3. The van der Waals surface area contributed by atoms with Crippen molar-refractivity contribution in [2.24, 2.45) is 0 Å². The zero-order valence-electron chi connectivity index (χ0n) is 13.4. The van der Waals surface area contributed by atoms with E-state index in [0.29, 0.717) is 0 Å². The van der Waals surface area contributed by atoms with Crippen molar-refractivity contribution >= 4 is 6.16 Å². The molecule has 1 aromatic rings. The highest BCUT2D eigenvalue weighted by Crippen LogP contribution is 2.39. The van der Waals surface area contributed by atoms with Crippen LogP contribution in [0.1, 0.15) is 65.0 Å². The Hall–Kier alpha value is -1.51. The van der Waals surface area contributed by atoms with Crippen LogP contribution in [0.4, 0.5) is 4.79 Å². The summed E-state index contributed by atoms with van der Waals surface area (Å²) >= 11 is 0. The molecular formula is C17H26O3. The van der Waals surface area contributed by atoms with Crippen molar-refractivity contribution in [3.05, 3.63) is 35.4 Å². The van der Waals surface area contributed by atoms with Gasteiger partial charge in [0.15, 0.2) is 0 Å². The molecule has 0 spiro atoms. The first-order valence-corrected chi connectivity index (χ1v) is 7.11. The molecule has 20 heavy (non-hydrogen) atoms. The van der Waals surface area contributed by atoms with Gasteiger partial charge in [0, 0.05) is 5.92 Å². The second-order valence-electron chi connectivity index (χ2n) is 6.77. The number of ether oxygens (including phenoxy) is 1. The predicted molar refractivity (Wildman–Crippen MR) is 81.4 cm³/mol. The van der Waals surface area contributed by atoms with E-state index in [1.807, 2.05) is 26.0 Å². The summed E-state index contributed by atoms with van der Waals surface area (Å²) in [6, 6.07) is 8.24. The SMILES string of the molecule is CCC(c1ccccc1C(C)(C)C)C(C)(C)OC(=O)O. The molecule has 0 bridgehead atoms. The maximum atomic E-state index is 10.9. The monoisotopic (exact) mass is 278 g/mol. The van der Waals surface area contributed by atoms with Gasteiger partial charge in [-0.25, -0.2) is 4.79 Å². The Morgan fingerprint density at radius 1 is 1.20 bits per heavy atom. The minimum atomic E-state index is -1.22. The molecule has 0 fully saturated rings. The third-order valence-corrected chi connectivity index (χ3v) is 3.74. The Balaban J connectivity index is 3.29. The molecule has 112 valence electrons. The van der Waals surface area contributed by atoms with Crippen molar-refractivity contribution in [1.29, 1.82) is 0 Å². The molecule has 0 aromatic heterocycles. The molecule has 1 rings (SSSR count). The van der Waals surface area contributed by atoms with Crippen LogP contribution in [0, 0.1) is 0 Å². The van der Waals surface area contributed by atoms with Crippen molar-refractivity contribution in [3.63, 3.8) is 0 Å². The first kappa shape index (κ1) is 16.5. The van der Waals surface area contributed by atoms with Crippen molar-refractivity contribution in [3.8, 4) is 0 Å². The minimum absolute atomic E-state index is 0.0172. The lowest BCUT2D eigenvalue weighted by atomic mass is 9.74. The lowest BCUT2D eigenvalue weighted by Crippen LogP contribution is -2.35. The van der Waals surface area contributed by atoms with E-state index >= 15 is 0 Å². The number of hydrogen-bond donors (Lipinski definition) is 1. The molecule has 0 heterocycles. The van der Waals surface area contributed by atoms with Crippen LogP contribution in [-0.2, 0) is 10.2 Å². The number of rotatable bonds is 4. The molecule has 0 saturated heterocycles. The van der Waals surface area contributed by atoms with Gasteiger partial charge in [0.25, 0.3) is 0 Å². The second kappa shape index (κ2) is 5.86. The highest BCUT2D eigenvalue weighted by molar-refractivity contribution is 5.58. The van der Waals surface area contributed by atoms with Gasteiger partial charge in [-0.1, -0.05) is 52.0 Å². The van der Waals surface area contributed by atoms with E-state index in [4.69, 9.17) is 9.84 Å². The van der Waals surface area contributed by atoms with Crippen molar-refractivity contribution in [2.75, 3.05) is 0 Å². The molecule has 1 atom stereocenters. The number of carbonyl (C=O) groups is 1. The normalized spacial score (nSPS) is 13.9. The molecule has 0 amide bonds. The van der Waals surface area contributed by atoms with Gasteiger partial charge in [-0.2, -0.15) is 0 Å². The molecule has 0 aliphatic heterocycles. The second-order valence-corrected chi connectivity index (χ2v) is 6.77. The average molecular weight is 278 g/mol. The molecule has 3 heteroatoms. The van der Waals surface area contributed by atoms with E-state index < -0.39 is 11.8 Å². The summed E-state index contributed by atoms with van der Waals surface area (Å²) in [4.78, 5) is 10.9. The zero-order chi connectivity index (χ0) is 15.6. The van der Waals surface area contributed by atoms with Crippen LogP contribution in [0.15, 0.2) is 24.3 Å². The Morgan fingerprint density at radius 3 is 2.20 bits per heavy atom. The molecule has 1 aromatic carbocycles. The number of hydrogen-bond acceptors (Lipinski definition) is 2. The van der Waals surface area contributed by atoms with E-state index in [-0.39, 0.29) is 11.3 Å². The largest absolute Gasteiger partial charge is 0.506 e. The smallest absolute Gasteiger partial charge is 0.450 e. The molecular weight excluding hydrogens is 252 g/mol. The van der Waals surface area contributed by atoms with Gasteiger partial charge in [-0.05, 0) is 36.8 Å². The van der Waals surface area contributed by atoms with Crippen LogP contribution in [0.2, 0.25) is 0 Å². The maximum absolute atomic E-state index is 10.9. The first-order valence-electron chi connectivity index (χ1n) is 7.11. The lowest BCUT2D eigenvalue weighted by Gasteiger charge is -2.36. The molecule has 0 aliphatic carbocycles. The summed E-state index contributed by atoms with van der Waals surface area (Å²) < 4.78 is 5.13. The first-order chi connectivity index (χ1) is 9.09. The van der Waals surface area contributed by atoms with Gasteiger partial charge in [-0.15, -0.1) is 0 Å². The van der Waals surface area contributed by atoms with Crippen LogP contribution in [-0.4, -0.2) is 16.9 Å². The third-order valence-electron chi connectivity index (χ3n) is 3.74. The zero-order valence-corrected chi connectivity index (χ0v) is 13.4. The fraction of sp³-hybridized carbons (Fsp3) is 0.588. The summed E-state index contributed by atoms with van der Waals surface area (Å²) in [7, 11) is 0. The van der Waals surface area contributed by atoms with E-state index in [9.17, 15) is 4.79 Å². The summed E-state index contributed by atoms with van der Waals surface area (Å²) in [5, 5.41) is 8.95. The van der Waals surface area contributed by atoms with Gasteiger partial charge in [0.1, 0.15) is 5.60 Å². The van der Waals surface area contributed by atoms with Crippen molar-refractivity contribution < 1.29 is 14.6 Å². The molecule has 0 saturated carbocycles. The minimum Gasteiger partial charge on any atom is -0.450 e. The summed E-state index contributed by atoms with van der Waals surface area (Å²) in [6.07, 6.45) is -0.394. The van der Waals surface area contributed by atoms with Crippen molar-refractivity contribution in [2.45, 2.75) is 64.9 Å². The highest BCUT2D eigenvalue weighted by atomic mass is 16.7. The fourth-order valence-electron chi connectivity index (χ4n) is 2.87. The summed E-state index contributed by atoms with van der Waals surface area (Å²) in [5.74, 6) is 0.0361. The van der Waals surface area contributed by atoms with Crippen LogP contribution < -0.4 is 0 Å². The van der Waals surface area contributed by atoms with E-state index in [2.05, 4.69) is 39.8 Å². The Kier molecular flexibility index (Phi) is 4.85. The third kappa shape index (κ3) is 3.75. The molecule has 0 radical (unpaired) electrons. The van der Waals surface area contributed by atoms with Crippen LogP contribution in [0.25, 0.3) is 0 Å². The van der Waals surface area contributed by atoms with Gasteiger partial charge < -0.3 is 9.84 Å². The fourth-order valence-corrected chi connectivity index (χ4v) is 2.87. The molecule has 1 unspecified atom stereocenters. The van der Waals surface area contributed by atoms with E-state index in [1.165, 1.54) is 11.1 Å². The van der Waals surface area contributed by atoms with Gasteiger partial charge in [0.2, 0.25) is 0 Å². The molecule has 3 nitrogen and oxygen atoms in total.